The van der Waals surface area contributed by atoms with E-state index in [2.05, 4.69) is 15.4 Å². The first kappa shape index (κ1) is 14.8. The number of hydrogen-bond donors (Lipinski definition) is 1. The zero-order chi connectivity index (χ0) is 14.7. The maximum Gasteiger partial charge on any atom is 0.251 e. The lowest BCUT2D eigenvalue weighted by Gasteiger charge is -2.05. The van der Waals surface area contributed by atoms with Gasteiger partial charge >= 0.3 is 0 Å². The Morgan fingerprint density at radius 1 is 1.35 bits per heavy atom. The smallest absolute Gasteiger partial charge is 0.251 e. The number of aryl methyl sites for hydroxylation is 2. The number of carbonyl (C=O) groups is 1. The number of hydrogen-bond acceptors (Lipinski definition) is 3. The number of rotatable bonds is 4. The zero-order valence-corrected chi connectivity index (χ0v) is 12.7. The summed E-state index contributed by atoms with van der Waals surface area (Å²) in [5.74, 6) is -0.248. The number of pyridine rings is 1. The van der Waals surface area contributed by atoms with Crippen LogP contribution in [0.5, 0.6) is 0 Å². The topological polar surface area (TPSA) is 59.8 Å². The summed E-state index contributed by atoms with van der Waals surface area (Å²) in [6, 6.07) is 2.96. The molecule has 1 N–H and O–H groups in total. The minimum absolute atomic E-state index is 0.193. The second kappa shape index (κ2) is 6.24. The van der Waals surface area contributed by atoms with Crippen LogP contribution in [0.1, 0.15) is 28.5 Å². The summed E-state index contributed by atoms with van der Waals surface area (Å²) in [4.78, 5) is 15.8. The second-order valence-corrected chi connectivity index (χ2v) is 5.09. The lowest BCUT2D eigenvalue weighted by atomic mass is 10.2. The van der Waals surface area contributed by atoms with Crippen molar-refractivity contribution in [2.24, 2.45) is 7.05 Å². The number of nitrogens with zero attached hydrogens (tertiary/aromatic N) is 3. The molecule has 7 heteroatoms. The molecule has 5 nitrogen and oxygen atoms in total. The van der Waals surface area contributed by atoms with E-state index in [1.807, 2.05) is 20.2 Å². The van der Waals surface area contributed by atoms with Gasteiger partial charge in [0.05, 0.1) is 5.69 Å². The van der Waals surface area contributed by atoms with Crippen LogP contribution in [-0.4, -0.2) is 20.7 Å². The molecule has 0 aliphatic rings. The molecule has 106 valence electrons. The van der Waals surface area contributed by atoms with Crippen molar-refractivity contribution in [1.29, 1.82) is 0 Å². The van der Waals surface area contributed by atoms with Gasteiger partial charge in [-0.05, 0) is 18.6 Å². The van der Waals surface area contributed by atoms with Crippen molar-refractivity contribution in [2.45, 2.75) is 19.9 Å². The summed E-state index contributed by atoms with van der Waals surface area (Å²) in [6.45, 7) is 2.43. The predicted octanol–water partition coefficient (Wildman–Crippen LogP) is 2.61. The first-order chi connectivity index (χ1) is 9.49. The highest BCUT2D eigenvalue weighted by molar-refractivity contribution is 6.33. The van der Waals surface area contributed by atoms with Gasteiger partial charge in [-0.2, -0.15) is 5.10 Å². The summed E-state index contributed by atoms with van der Waals surface area (Å²) in [7, 11) is 1.85. The van der Waals surface area contributed by atoms with Crippen LogP contribution in [-0.2, 0) is 20.0 Å². The van der Waals surface area contributed by atoms with E-state index in [0.717, 1.165) is 17.7 Å². The van der Waals surface area contributed by atoms with E-state index in [1.54, 1.807) is 4.68 Å². The molecule has 0 bridgehead atoms. The maximum absolute atomic E-state index is 12.0. The third-order valence-electron chi connectivity index (χ3n) is 2.79. The Morgan fingerprint density at radius 2 is 2.00 bits per heavy atom. The Labute approximate surface area is 126 Å². The van der Waals surface area contributed by atoms with Crippen molar-refractivity contribution in [3.05, 3.63) is 45.5 Å². The fourth-order valence-corrected chi connectivity index (χ4v) is 2.36. The van der Waals surface area contributed by atoms with Crippen molar-refractivity contribution in [2.75, 3.05) is 0 Å². The van der Waals surface area contributed by atoms with E-state index in [-0.39, 0.29) is 16.2 Å². The van der Waals surface area contributed by atoms with Gasteiger partial charge in [-0.1, -0.05) is 30.1 Å². The van der Waals surface area contributed by atoms with Crippen molar-refractivity contribution in [3.8, 4) is 0 Å². The Kier molecular flexibility index (Phi) is 4.62. The van der Waals surface area contributed by atoms with E-state index in [4.69, 9.17) is 23.2 Å². The Morgan fingerprint density at radius 3 is 2.60 bits per heavy atom. The Balaban J connectivity index is 2.08. The highest BCUT2D eigenvalue weighted by Crippen LogP contribution is 2.15. The Hall–Kier alpha value is -1.59. The third-order valence-corrected chi connectivity index (χ3v) is 3.18. The van der Waals surface area contributed by atoms with E-state index in [1.165, 1.54) is 12.1 Å². The monoisotopic (exact) mass is 312 g/mol. The summed E-state index contributed by atoms with van der Waals surface area (Å²) in [6.07, 6.45) is 2.71. The van der Waals surface area contributed by atoms with Gasteiger partial charge in [-0.15, -0.1) is 0 Å². The van der Waals surface area contributed by atoms with Gasteiger partial charge in [0.15, 0.2) is 0 Å². The van der Waals surface area contributed by atoms with E-state index in [9.17, 15) is 4.79 Å². The molecule has 2 aromatic heterocycles. The molecule has 0 fully saturated rings. The highest BCUT2D eigenvalue weighted by Gasteiger charge is 2.11. The molecule has 0 aliphatic heterocycles. The predicted molar refractivity (Wildman–Crippen MR) is 78.0 cm³/mol. The molecule has 0 aromatic carbocycles. The average Bonchev–Trinajstić information content (AvgIpc) is 2.75. The quantitative estimate of drug-likeness (QED) is 0.883. The van der Waals surface area contributed by atoms with Crippen LogP contribution in [0.15, 0.2) is 18.3 Å². The second-order valence-electron chi connectivity index (χ2n) is 4.31. The van der Waals surface area contributed by atoms with Crippen molar-refractivity contribution < 1.29 is 4.79 Å². The minimum Gasteiger partial charge on any atom is -0.348 e. The van der Waals surface area contributed by atoms with Crippen molar-refractivity contribution >= 4 is 29.1 Å². The van der Waals surface area contributed by atoms with Crippen LogP contribution in [0.4, 0.5) is 0 Å². The SMILES string of the molecule is CCc1nn(C)cc1CNC(=O)c1cc(Cl)nc(Cl)c1. The minimum atomic E-state index is -0.248. The number of halogens is 2. The molecular formula is C13H14Cl2N4O. The van der Waals surface area contributed by atoms with E-state index in [0.29, 0.717) is 12.1 Å². The fraction of sp³-hybridized carbons (Fsp3) is 0.308. The largest absolute Gasteiger partial charge is 0.348 e. The molecule has 0 saturated carbocycles. The van der Waals surface area contributed by atoms with Crippen LogP contribution in [0.25, 0.3) is 0 Å². The molecule has 0 atom stereocenters. The van der Waals surface area contributed by atoms with Gasteiger partial charge < -0.3 is 5.32 Å². The normalized spacial score (nSPS) is 10.6. The highest BCUT2D eigenvalue weighted by atomic mass is 35.5. The zero-order valence-electron chi connectivity index (χ0n) is 11.2. The van der Waals surface area contributed by atoms with Gasteiger partial charge in [0.25, 0.3) is 5.91 Å². The molecule has 1 amide bonds. The molecule has 2 aromatic rings. The van der Waals surface area contributed by atoms with E-state index < -0.39 is 0 Å². The molecule has 2 heterocycles. The lowest BCUT2D eigenvalue weighted by Crippen LogP contribution is -2.23. The number of amides is 1. The summed E-state index contributed by atoms with van der Waals surface area (Å²) >= 11 is 11.5. The van der Waals surface area contributed by atoms with Crippen LogP contribution >= 0.6 is 23.2 Å². The summed E-state index contributed by atoms with van der Waals surface area (Å²) in [5, 5.41) is 7.53. The van der Waals surface area contributed by atoms with Crippen LogP contribution in [0.3, 0.4) is 0 Å². The molecule has 2 rings (SSSR count). The molecule has 0 spiro atoms. The van der Waals surface area contributed by atoms with Gasteiger partial charge in [0.2, 0.25) is 0 Å². The standard InChI is InChI=1S/C13H14Cl2N4O/c1-3-10-9(7-19(2)18-10)6-16-13(20)8-4-11(14)17-12(15)5-8/h4-5,7H,3,6H2,1-2H3,(H,16,20). The first-order valence-electron chi connectivity index (χ1n) is 6.12. The van der Waals surface area contributed by atoms with E-state index >= 15 is 0 Å². The summed E-state index contributed by atoms with van der Waals surface area (Å²) in [5.41, 5.74) is 2.35. The number of carbonyl (C=O) groups excluding carboxylic acids is 1. The van der Waals surface area contributed by atoms with Gasteiger partial charge in [-0.3, -0.25) is 9.48 Å². The molecule has 0 aliphatic carbocycles. The lowest BCUT2D eigenvalue weighted by molar-refractivity contribution is 0.0950. The van der Waals surface area contributed by atoms with Crippen LogP contribution in [0, 0.1) is 0 Å². The van der Waals surface area contributed by atoms with Crippen LogP contribution in [0.2, 0.25) is 10.3 Å². The fourth-order valence-electron chi connectivity index (χ4n) is 1.90. The van der Waals surface area contributed by atoms with Crippen LogP contribution < -0.4 is 5.32 Å². The number of nitrogens with one attached hydrogen (secondary N) is 1. The molecule has 0 saturated heterocycles. The van der Waals surface area contributed by atoms with Crippen molar-refractivity contribution in [3.63, 3.8) is 0 Å². The molecular weight excluding hydrogens is 299 g/mol. The molecule has 20 heavy (non-hydrogen) atoms. The molecule has 0 unspecified atom stereocenters. The number of aromatic nitrogens is 3. The summed E-state index contributed by atoms with van der Waals surface area (Å²) < 4.78 is 1.74. The van der Waals surface area contributed by atoms with Crippen molar-refractivity contribution in [1.82, 2.24) is 20.1 Å². The van der Waals surface area contributed by atoms with Gasteiger partial charge in [-0.25, -0.2) is 4.98 Å². The molecule has 0 radical (unpaired) electrons. The van der Waals surface area contributed by atoms with Gasteiger partial charge in [0, 0.05) is 30.9 Å². The third kappa shape index (κ3) is 3.49. The Bertz CT molecular complexity index is 619. The first-order valence-corrected chi connectivity index (χ1v) is 6.88. The maximum atomic E-state index is 12.0. The van der Waals surface area contributed by atoms with Gasteiger partial charge in [0.1, 0.15) is 10.3 Å². The average molecular weight is 313 g/mol.